The molecule has 1 aromatic heterocycles. The number of rotatable bonds is 12. The smallest absolute Gasteiger partial charge is 0.337 e. The van der Waals surface area contributed by atoms with Crippen molar-refractivity contribution in [3.8, 4) is 17.1 Å². The minimum atomic E-state index is -0.324. The third kappa shape index (κ3) is 8.76. The van der Waals surface area contributed by atoms with Crippen LogP contribution >= 0.6 is 0 Å². The van der Waals surface area contributed by atoms with Gasteiger partial charge in [0.25, 0.3) is 0 Å². The van der Waals surface area contributed by atoms with E-state index in [0.717, 1.165) is 41.7 Å². The van der Waals surface area contributed by atoms with Gasteiger partial charge in [-0.25, -0.2) is 9.89 Å². The van der Waals surface area contributed by atoms with Crippen LogP contribution in [0.2, 0.25) is 0 Å². The van der Waals surface area contributed by atoms with E-state index in [4.69, 9.17) is 9.47 Å². The molecule has 0 saturated heterocycles. The SMILES string of the molecule is COC(=O)c1ccc(CCC(/C=C/c2ccccc2OCc2ccc(C(C)(C)C)cc2)Cc2ccc(-c3nnn[nH]3)cc2)cc1. The zero-order valence-electron chi connectivity index (χ0n) is 26.4. The lowest BCUT2D eigenvalue weighted by Gasteiger charge is -2.19. The largest absolute Gasteiger partial charge is 0.488 e. The first-order valence-electron chi connectivity index (χ1n) is 15.3. The van der Waals surface area contributed by atoms with Crippen molar-refractivity contribution in [3.05, 3.63) is 137 Å². The Kier molecular flexibility index (Phi) is 10.2. The highest BCUT2D eigenvalue weighted by atomic mass is 16.5. The van der Waals surface area contributed by atoms with Gasteiger partial charge in [-0.2, -0.15) is 0 Å². The van der Waals surface area contributed by atoms with E-state index >= 15 is 0 Å². The molecule has 5 aromatic rings. The molecular formula is C38H40N4O3. The van der Waals surface area contributed by atoms with Gasteiger partial charge in [-0.05, 0) is 81.5 Å². The predicted octanol–water partition coefficient (Wildman–Crippen LogP) is 8.03. The number of carbonyl (C=O) groups excluding carboxylic acids is 1. The van der Waals surface area contributed by atoms with Gasteiger partial charge in [-0.15, -0.1) is 5.10 Å². The molecule has 0 amide bonds. The Bertz CT molecular complexity index is 1690. The Hall–Kier alpha value is -5.04. The van der Waals surface area contributed by atoms with Crippen LogP contribution in [0, 0.1) is 5.92 Å². The van der Waals surface area contributed by atoms with Crippen LogP contribution in [0.25, 0.3) is 17.5 Å². The summed E-state index contributed by atoms with van der Waals surface area (Å²) in [5.41, 5.74) is 7.52. The van der Waals surface area contributed by atoms with Crippen molar-refractivity contribution in [2.75, 3.05) is 7.11 Å². The fraction of sp³-hybridized carbons (Fsp3) is 0.263. The van der Waals surface area contributed by atoms with Crippen LogP contribution in [-0.4, -0.2) is 33.7 Å². The quantitative estimate of drug-likeness (QED) is 0.146. The number of carbonyl (C=O) groups is 1. The first-order chi connectivity index (χ1) is 21.8. The molecule has 7 heteroatoms. The number of hydrogen-bond acceptors (Lipinski definition) is 6. The number of nitrogens with one attached hydrogen (secondary N) is 1. The topological polar surface area (TPSA) is 90.0 Å². The number of aromatic nitrogens is 4. The molecule has 1 atom stereocenters. The van der Waals surface area contributed by atoms with Crippen LogP contribution in [0.3, 0.4) is 0 Å². The van der Waals surface area contributed by atoms with Gasteiger partial charge in [-0.3, -0.25) is 0 Å². The van der Waals surface area contributed by atoms with Crippen molar-refractivity contribution in [2.45, 2.75) is 52.1 Å². The Labute approximate surface area is 265 Å². The molecule has 0 aliphatic heterocycles. The number of aryl methyl sites for hydroxylation is 1. The summed E-state index contributed by atoms with van der Waals surface area (Å²) >= 11 is 0. The lowest BCUT2D eigenvalue weighted by Crippen LogP contribution is -2.10. The van der Waals surface area contributed by atoms with E-state index in [2.05, 4.69) is 96.0 Å². The fourth-order valence-electron chi connectivity index (χ4n) is 5.18. The number of hydrogen-bond donors (Lipinski definition) is 1. The van der Waals surface area contributed by atoms with Gasteiger partial charge in [0.2, 0.25) is 0 Å². The van der Waals surface area contributed by atoms with Gasteiger partial charge in [0.15, 0.2) is 5.82 Å². The average Bonchev–Trinajstić information content (AvgIpc) is 3.61. The van der Waals surface area contributed by atoms with Gasteiger partial charge in [0.05, 0.1) is 12.7 Å². The average molecular weight is 601 g/mol. The number of H-pyrrole nitrogens is 1. The van der Waals surface area contributed by atoms with Gasteiger partial charge in [-0.1, -0.05) is 112 Å². The number of para-hydroxylation sites is 1. The molecular weight excluding hydrogens is 560 g/mol. The third-order valence-corrected chi connectivity index (χ3v) is 7.93. The molecule has 1 N–H and O–H groups in total. The first kappa shape index (κ1) is 31.4. The number of esters is 1. The van der Waals surface area contributed by atoms with Crippen LogP contribution in [0.5, 0.6) is 5.75 Å². The lowest BCUT2D eigenvalue weighted by atomic mass is 9.87. The fourth-order valence-corrected chi connectivity index (χ4v) is 5.18. The maximum atomic E-state index is 11.9. The van der Waals surface area contributed by atoms with Gasteiger partial charge in [0.1, 0.15) is 12.4 Å². The van der Waals surface area contributed by atoms with Crippen molar-refractivity contribution in [3.63, 3.8) is 0 Å². The number of tetrazole rings is 1. The molecule has 5 rings (SSSR count). The standard InChI is InChI=1S/C38H40N4O3/c1-38(2,3)34-23-16-30(17-24-34)26-45-35-8-6-5-7-31(35)18-13-28(10-9-27-11-21-33(22-12-27)37(43)44-4)25-29-14-19-32(20-15-29)36-39-41-42-40-36/h5-8,11-24,28H,9-10,25-26H2,1-4H3,(H,39,40,41,42)/b18-13+. The monoisotopic (exact) mass is 600 g/mol. The highest BCUT2D eigenvalue weighted by Crippen LogP contribution is 2.26. The summed E-state index contributed by atoms with van der Waals surface area (Å²) in [4.78, 5) is 11.9. The van der Waals surface area contributed by atoms with E-state index in [9.17, 15) is 4.79 Å². The van der Waals surface area contributed by atoms with Crippen molar-refractivity contribution in [1.82, 2.24) is 20.6 Å². The highest BCUT2D eigenvalue weighted by Gasteiger charge is 2.14. The Morgan fingerprint density at radius 3 is 2.22 bits per heavy atom. The van der Waals surface area contributed by atoms with Crippen LogP contribution < -0.4 is 4.74 Å². The zero-order chi connectivity index (χ0) is 31.6. The van der Waals surface area contributed by atoms with E-state index in [1.165, 1.54) is 23.8 Å². The molecule has 1 unspecified atom stereocenters. The lowest BCUT2D eigenvalue weighted by molar-refractivity contribution is 0.0600. The second kappa shape index (κ2) is 14.6. The number of allylic oxidation sites excluding steroid dienone is 1. The maximum Gasteiger partial charge on any atom is 0.337 e. The second-order valence-corrected chi connectivity index (χ2v) is 12.3. The van der Waals surface area contributed by atoms with Gasteiger partial charge in [0, 0.05) is 11.1 Å². The van der Waals surface area contributed by atoms with E-state index in [1.807, 2.05) is 54.6 Å². The summed E-state index contributed by atoms with van der Waals surface area (Å²) in [5.74, 6) is 1.45. The molecule has 4 aromatic carbocycles. The number of methoxy groups -OCH3 is 1. The second-order valence-electron chi connectivity index (χ2n) is 12.3. The van der Waals surface area contributed by atoms with Crippen LogP contribution in [-0.2, 0) is 29.6 Å². The Morgan fingerprint density at radius 2 is 1.56 bits per heavy atom. The number of aromatic amines is 1. The molecule has 1 heterocycles. The molecule has 0 radical (unpaired) electrons. The maximum absolute atomic E-state index is 11.9. The van der Waals surface area contributed by atoms with E-state index in [1.54, 1.807) is 0 Å². The van der Waals surface area contributed by atoms with Crippen molar-refractivity contribution in [2.24, 2.45) is 5.92 Å². The van der Waals surface area contributed by atoms with E-state index in [-0.39, 0.29) is 17.3 Å². The Morgan fingerprint density at radius 1 is 0.867 bits per heavy atom. The van der Waals surface area contributed by atoms with Crippen LogP contribution in [0.4, 0.5) is 0 Å². The van der Waals surface area contributed by atoms with Crippen molar-refractivity contribution < 1.29 is 14.3 Å². The van der Waals surface area contributed by atoms with Gasteiger partial charge < -0.3 is 9.47 Å². The zero-order valence-corrected chi connectivity index (χ0v) is 26.4. The number of nitrogens with zero attached hydrogens (tertiary/aromatic N) is 3. The summed E-state index contributed by atoms with van der Waals surface area (Å²) in [7, 11) is 1.40. The van der Waals surface area contributed by atoms with Crippen molar-refractivity contribution >= 4 is 12.0 Å². The minimum absolute atomic E-state index is 0.121. The summed E-state index contributed by atoms with van der Waals surface area (Å²) in [6.45, 7) is 7.18. The molecule has 0 spiro atoms. The van der Waals surface area contributed by atoms with E-state index < -0.39 is 0 Å². The first-order valence-corrected chi connectivity index (χ1v) is 15.3. The van der Waals surface area contributed by atoms with Crippen molar-refractivity contribution in [1.29, 1.82) is 0 Å². The molecule has 0 aliphatic carbocycles. The van der Waals surface area contributed by atoms with Gasteiger partial charge >= 0.3 is 5.97 Å². The predicted molar refractivity (Wildman–Crippen MR) is 178 cm³/mol. The summed E-state index contributed by atoms with van der Waals surface area (Å²) in [5, 5.41) is 14.2. The molecule has 230 valence electrons. The molecule has 7 nitrogen and oxygen atoms in total. The molecule has 0 fully saturated rings. The third-order valence-electron chi connectivity index (χ3n) is 7.93. The minimum Gasteiger partial charge on any atom is -0.488 e. The summed E-state index contributed by atoms with van der Waals surface area (Å²) < 4.78 is 11.2. The van der Waals surface area contributed by atoms with Crippen LogP contribution in [0.1, 0.15) is 65.4 Å². The summed E-state index contributed by atoms with van der Waals surface area (Å²) in [6, 6.07) is 32.9. The molecule has 45 heavy (non-hydrogen) atoms. The number of benzene rings is 4. The summed E-state index contributed by atoms with van der Waals surface area (Å²) in [6.07, 6.45) is 7.15. The molecule has 0 bridgehead atoms. The van der Waals surface area contributed by atoms with Crippen LogP contribution in [0.15, 0.2) is 103 Å². The Balaban J connectivity index is 1.30. The molecule has 0 saturated carbocycles. The van der Waals surface area contributed by atoms with E-state index in [0.29, 0.717) is 18.0 Å². The number of ether oxygens (including phenoxy) is 2. The highest BCUT2D eigenvalue weighted by molar-refractivity contribution is 5.89. The normalized spacial score (nSPS) is 12.3. The molecule has 0 aliphatic rings.